The Morgan fingerprint density at radius 3 is 2.61 bits per heavy atom. The summed E-state index contributed by atoms with van der Waals surface area (Å²) in [6.45, 7) is -0.284. The van der Waals surface area contributed by atoms with Crippen LogP contribution in [0.1, 0.15) is 5.56 Å². The highest BCUT2D eigenvalue weighted by molar-refractivity contribution is 7.98. The van der Waals surface area contributed by atoms with Gasteiger partial charge < -0.3 is 5.32 Å². The maximum absolute atomic E-state index is 13.9. The Hall–Kier alpha value is -1.84. The highest BCUT2D eigenvalue weighted by Gasteiger charge is 2.23. The SMILES string of the molecule is CS(=O)(=O)N(CC(=O)NCCSCc1cccc(Cl)c1)c1ccc(F)cc1F. The van der Waals surface area contributed by atoms with Gasteiger partial charge in [-0.1, -0.05) is 23.7 Å². The number of halogens is 3. The van der Waals surface area contributed by atoms with Crippen LogP contribution in [0.2, 0.25) is 5.02 Å². The number of nitrogens with one attached hydrogen (secondary N) is 1. The first-order valence-corrected chi connectivity index (χ1v) is 11.6. The lowest BCUT2D eigenvalue weighted by atomic mass is 10.2. The van der Waals surface area contributed by atoms with Crippen LogP contribution in [0.5, 0.6) is 0 Å². The fourth-order valence-corrected chi connectivity index (χ4v) is 4.21. The minimum Gasteiger partial charge on any atom is -0.354 e. The molecule has 0 saturated carbocycles. The largest absolute Gasteiger partial charge is 0.354 e. The van der Waals surface area contributed by atoms with E-state index >= 15 is 0 Å². The average Bonchev–Trinajstić information content (AvgIpc) is 2.59. The van der Waals surface area contributed by atoms with E-state index in [1.165, 1.54) is 0 Å². The second-order valence-corrected chi connectivity index (χ2v) is 9.35. The topological polar surface area (TPSA) is 66.5 Å². The maximum Gasteiger partial charge on any atom is 0.240 e. The molecule has 0 aromatic heterocycles. The van der Waals surface area contributed by atoms with E-state index in [2.05, 4.69) is 5.32 Å². The lowest BCUT2D eigenvalue weighted by Crippen LogP contribution is -2.41. The van der Waals surface area contributed by atoms with Crippen LogP contribution >= 0.6 is 23.4 Å². The van der Waals surface area contributed by atoms with Crippen molar-refractivity contribution in [1.82, 2.24) is 5.32 Å². The zero-order valence-electron chi connectivity index (χ0n) is 15.0. The number of thioether (sulfide) groups is 1. The molecule has 1 N–H and O–H groups in total. The number of sulfonamides is 1. The molecule has 0 atom stereocenters. The number of anilines is 1. The number of hydrogen-bond donors (Lipinski definition) is 1. The van der Waals surface area contributed by atoms with Crippen LogP contribution in [0.4, 0.5) is 14.5 Å². The molecule has 2 rings (SSSR count). The van der Waals surface area contributed by atoms with Crippen molar-refractivity contribution in [2.24, 2.45) is 0 Å². The third-order valence-electron chi connectivity index (χ3n) is 3.59. The molecule has 0 fully saturated rings. The summed E-state index contributed by atoms with van der Waals surface area (Å²) in [7, 11) is -3.93. The first-order valence-electron chi connectivity index (χ1n) is 8.18. The summed E-state index contributed by atoms with van der Waals surface area (Å²) in [5, 5.41) is 3.25. The van der Waals surface area contributed by atoms with E-state index in [0.717, 1.165) is 24.0 Å². The summed E-state index contributed by atoms with van der Waals surface area (Å²) in [5.41, 5.74) is 0.674. The summed E-state index contributed by atoms with van der Waals surface area (Å²) in [6.07, 6.45) is 0.851. The van der Waals surface area contributed by atoms with Crippen molar-refractivity contribution in [3.05, 3.63) is 64.7 Å². The molecule has 0 heterocycles. The van der Waals surface area contributed by atoms with Gasteiger partial charge in [-0.25, -0.2) is 17.2 Å². The first-order chi connectivity index (χ1) is 13.2. The van der Waals surface area contributed by atoms with E-state index in [4.69, 9.17) is 11.6 Å². The summed E-state index contributed by atoms with van der Waals surface area (Å²) < 4.78 is 51.5. The second kappa shape index (κ2) is 10.1. The van der Waals surface area contributed by atoms with Gasteiger partial charge in [0.25, 0.3) is 0 Å². The van der Waals surface area contributed by atoms with Crippen molar-refractivity contribution in [1.29, 1.82) is 0 Å². The van der Waals surface area contributed by atoms with Crippen LogP contribution in [0, 0.1) is 11.6 Å². The molecule has 10 heteroatoms. The number of nitrogens with zero attached hydrogens (tertiary/aromatic N) is 1. The number of carbonyl (C=O) groups excluding carboxylic acids is 1. The van der Waals surface area contributed by atoms with Crippen molar-refractivity contribution in [3.63, 3.8) is 0 Å². The normalized spacial score (nSPS) is 11.3. The van der Waals surface area contributed by atoms with Gasteiger partial charge in [-0.05, 0) is 29.8 Å². The molecule has 5 nitrogen and oxygen atoms in total. The van der Waals surface area contributed by atoms with Gasteiger partial charge in [0.1, 0.15) is 18.2 Å². The van der Waals surface area contributed by atoms with Crippen LogP contribution in [-0.4, -0.2) is 39.4 Å². The van der Waals surface area contributed by atoms with Crippen molar-refractivity contribution in [3.8, 4) is 0 Å². The minimum absolute atomic E-state index is 0.313. The van der Waals surface area contributed by atoms with Gasteiger partial charge in [0.15, 0.2) is 0 Å². The van der Waals surface area contributed by atoms with Crippen LogP contribution in [-0.2, 0) is 20.6 Å². The Morgan fingerprint density at radius 2 is 1.96 bits per heavy atom. The molecular weight excluding hydrogens is 430 g/mol. The Labute approximate surface area is 172 Å². The molecule has 1 amide bonds. The summed E-state index contributed by atoms with van der Waals surface area (Å²) in [5.74, 6) is -1.17. The zero-order valence-corrected chi connectivity index (χ0v) is 17.4. The van der Waals surface area contributed by atoms with Crippen molar-refractivity contribution in [2.75, 3.05) is 29.4 Å². The summed E-state index contributed by atoms with van der Waals surface area (Å²) in [6, 6.07) is 9.92. The lowest BCUT2D eigenvalue weighted by Gasteiger charge is -2.22. The second-order valence-electron chi connectivity index (χ2n) is 5.90. The average molecular weight is 449 g/mol. The fraction of sp³-hybridized carbons (Fsp3) is 0.278. The Balaban J connectivity index is 1.86. The lowest BCUT2D eigenvalue weighted by molar-refractivity contribution is -0.119. The molecule has 2 aromatic carbocycles. The third kappa shape index (κ3) is 6.96. The van der Waals surface area contributed by atoms with E-state index in [1.807, 2.05) is 18.2 Å². The van der Waals surface area contributed by atoms with Crippen molar-refractivity contribution in [2.45, 2.75) is 5.75 Å². The molecule has 0 aliphatic rings. The first kappa shape index (κ1) is 22.4. The van der Waals surface area contributed by atoms with Crippen LogP contribution in [0.15, 0.2) is 42.5 Å². The molecule has 28 heavy (non-hydrogen) atoms. The predicted molar refractivity (Wildman–Crippen MR) is 109 cm³/mol. The van der Waals surface area contributed by atoms with E-state index in [-0.39, 0.29) is 5.69 Å². The van der Waals surface area contributed by atoms with Crippen LogP contribution < -0.4 is 9.62 Å². The molecule has 0 bridgehead atoms. The van der Waals surface area contributed by atoms with E-state index in [9.17, 15) is 22.0 Å². The van der Waals surface area contributed by atoms with Gasteiger partial charge >= 0.3 is 0 Å². The Morgan fingerprint density at radius 1 is 1.21 bits per heavy atom. The highest BCUT2D eigenvalue weighted by Crippen LogP contribution is 2.22. The maximum atomic E-state index is 13.9. The standard InChI is InChI=1S/C18H19ClF2N2O3S2/c1-28(25,26)23(17-6-5-15(20)10-16(17)21)11-18(24)22-7-8-27-12-13-3-2-4-14(19)9-13/h2-6,9-10H,7-8,11-12H2,1H3,(H,22,24). The smallest absolute Gasteiger partial charge is 0.240 e. The van der Waals surface area contributed by atoms with E-state index in [0.29, 0.717) is 33.4 Å². The monoisotopic (exact) mass is 448 g/mol. The molecule has 2 aromatic rings. The Kier molecular flexibility index (Phi) is 8.09. The predicted octanol–water partition coefficient (Wildman–Crippen LogP) is 3.43. The molecule has 152 valence electrons. The van der Waals surface area contributed by atoms with Crippen LogP contribution in [0.3, 0.4) is 0 Å². The molecule has 0 radical (unpaired) electrons. The van der Waals surface area contributed by atoms with Gasteiger partial charge in [-0.15, -0.1) is 0 Å². The van der Waals surface area contributed by atoms with Gasteiger partial charge in [0.05, 0.1) is 11.9 Å². The van der Waals surface area contributed by atoms with Crippen LogP contribution in [0.25, 0.3) is 0 Å². The number of hydrogen-bond acceptors (Lipinski definition) is 4. The van der Waals surface area contributed by atoms with Gasteiger partial charge in [0.2, 0.25) is 15.9 Å². The summed E-state index contributed by atoms with van der Waals surface area (Å²) in [4.78, 5) is 12.1. The quantitative estimate of drug-likeness (QED) is 0.597. The van der Waals surface area contributed by atoms with Gasteiger partial charge in [-0.3, -0.25) is 9.10 Å². The van der Waals surface area contributed by atoms with E-state index in [1.54, 1.807) is 17.8 Å². The number of amides is 1. The molecule has 0 aliphatic heterocycles. The Bertz CT molecular complexity index is 942. The zero-order chi connectivity index (χ0) is 20.7. The number of benzene rings is 2. The fourth-order valence-electron chi connectivity index (χ4n) is 2.33. The molecule has 0 unspecified atom stereocenters. The van der Waals surface area contributed by atoms with E-state index < -0.39 is 34.1 Å². The third-order valence-corrected chi connectivity index (χ3v) is 5.98. The van der Waals surface area contributed by atoms with Gasteiger partial charge in [-0.2, -0.15) is 11.8 Å². The molecule has 0 saturated heterocycles. The number of carbonyl (C=O) groups is 1. The molecular formula is C18H19ClF2N2O3S2. The van der Waals surface area contributed by atoms with Crippen molar-refractivity contribution >= 4 is 45.0 Å². The molecule has 0 aliphatic carbocycles. The molecule has 0 spiro atoms. The summed E-state index contributed by atoms with van der Waals surface area (Å²) >= 11 is 7.49. The van der Waals surface area contributed by atoms with Crippen molar-refractivity contribution < 1.29 is 22.0 Å². The number of rotatable bonds is 9. The highest BCUT2D eigenvalue weighted by atomic mass is 35.5. The van der Waals surface area contributed by atoms with Gasteiger partial charge in [0, 0.05) is 29.1 Å². The minimum atomic E-state index is -3.93.